The summed E-state index contributed by atoms with van der Waals surface area (Å²) in [6, 6.07) is 10.8. The third-order valence-electron chi connectivity index (χ3n) is 4.95. The van der Waals surface area contributed by atoms with Gasteiger partial charge in [0.1, 0.15) is 5.65 Å². The van der Waals surface area contributed by atoms with E-state index in [0.29, 0.717) is 0 Å². The molecule has 0 radical (unpaired) electrons. The van der Waals surface area contributed by atoms with E-state index in [1.165, 1.54) is 33.4 Å². The predicted molar refractivity (Wildman–Crippen MR) is 107 cm³/mol. The Morgan fingerprint density at radius 2 is 1.88 bits per heavy atom. The minimum atomic E-state index is 0.947. The van der Waals surface area contributed by atoms with Crippen molar-refractivity contribution in [3.63, 3.8) is 0 Å². The molecule has 0 bridgehead atoms. The van der Waals surface area contributed by atoms with Crippen molar-refractivity contribution in [2.24, 2.45) is 0 Å². The van der Waals surface area contributed by atoms with Crippen molar-refractivity contribution < 1.29 is 0 Å². The molecular weight excluding hydrogens is 324 g/mol. The van der Waals surface area contributed by atoms with Gasteiger partial charge in [-0.3, -0.25) is 0 Å². The molecule has 4 rings (SSSR count). The van der Waals surface area contributed by atoms with Crippen LogP contribution < -0.4 is 0 Å². The van der Waals surface area contributed by atoms with Crippen LogP contribution >= 0.6 is 12.6 Å². The summed E-state index contributed by atoms with van der Waals surface area (Å²) in [5.41, 5.74) is 10.1. The molecule has 0 amide bonds. The Labute approximate surface area is 154 Å². The summed E-state index contributed by atoms with van der Waals surface area (Å²) in [7, 11) is 0. The Balaban J connectivity index is 1.55. The molecule has 0 aliphatic heterocycles. The van der Waals surface area contributed by atoms with Crippen molar-refractivity contribution in [3.8, 4) is 0 Å². The molecule has 25 heavy (non-hydrogen) atoms. The quantitative estimate of drug-likeness (QED) is 0.622. The fourth-order valence-corrected chi connectivity index (χ4v) is 3.75. The number of hydrogen-bond donors (Lipinski definition) is 1. The Kier molecular flexibility index (Phi) is 4.04. The van der Waals surface area contributed by atoms with Crippen LogP contribution in [0, 0.1) is 6.92 Å². The van der Waals surface area contributed by atoms with Gasteiger partial charge in [-0.1, -0.05) is 18.2 Å². The number of thiol groups is 1. The molecule has 0 unspecified atom stereocenters. The van der Waals surface area contributed by atoms with Crippen LogP contribution in [0.15, 0.2) is 64.8 Å². The monoisotopic (exact) mass is 346 g/mol. The molecule has 0 fully saturated rings. The minimum Gasteiger partial charge on any atom is -0.307 e. The van der Waals surface area contributed by atoms with Crippen LogP contribution in [0.25, 0.3) is 11.2 Å². The molecule has 126 valence electrons. The summed E-state index contributed by atoms with van der Waals surface area (Å²) < 4.78 is 2.12. The molecule has 0 saturated heterocycles. The Morgan fingerprint density at radius 1 is 1.04 bits per heavy atom. The van der Waals surface area contributed by atoms with E-state index in [1.54, 1.807) is 0 Å². The van der Waals surface area contributed by atoms with E-state index in [2.05, 4.69) is 86.6 Å². The lowest BCUT2D eigenvalue weighted by atomic mass is 9.86. The van der Waals surface area contributed by atoms with Gasteiger partial charge in [0, 0.05) is 17.3 Å². The third-order valence-corrected chi connectivity index (χ3v) is 5.45. The van der Waals surface area contributed by atoms with E-state index in [-0.39, 0.29) is 0 Å². The highest BCUT2D eigenvalue weighted by atomic mass is 32.1. The highest BCUT2D eigenvalue weighted by Crippen LogP contribution is 2.35. The number of rotatable bonds is 4. The molecule has 0 spiro atoms. The van der Waals surface area contributed by atoms with Crippen LogP contribution in [0.2, 0.25) is 0 Å². The normalized spacial score (nSPS) is 14.0. The first kappa shape index (κ1) is 16.2. The van der Waals surface area contributed by atoms with Gasteiger partial charge in [-0.2, -0.15) is 0 Å². The predicted octanol–water partition coefficient (Wildman–Crippen LogP) is 5.45. The summed E-state index contributed by atoms with van der Waals surface area (Å²) in [6.07, 6.45) is 8.44. The van der Waals surface area contributed by atoms with Gasteiger partial charge in [0.25, 0.3) is 0 Å². The number of imidazole rings is 1. The number of nitrogens with zero attached hydrogens (tertiary/aromatic N) is 2. The van der Waals surface area contributed by atoms with E-state index < -0.39 is 0 Å². The molecule has 3 aromatic rings. The fourth-order valence-electron chi connectivity index (χ4n) is 3.61. The number of allylic oxidation sites excluding steroid dienone is 4. The van der Waals surface area contributed by atoms with Gasteiger partial charge in [-0.15, -0.1) is 12.6 Å². The average Bonchev–Trinajstić information content (AvgIpc) is 2.98. The van der Waals surface area contributed by atoms with Crippen molar-refractivity contribution >= 4 is 23.8 Å². The lowest BCUT2D eigenvalue weighted by Gasteiger charge is -2.19. The van der Waals surface area contributed by atoms with Gasteiger partial charge >= 0.3 is 0 Å². The summed E-state index contributed by atoms with van der Waals surface area (Å²) in [5, 5.41) is 0. The lowest BCUT2D eigenvalue weighted by molar-refractivity contribution is 0.923. The Morgan fingerprint density at radius 3 is 2.60 bits per heavy atom. The standard InChI is InChI=1S/C22H22N2S/c1-14-11-17(5-7-20(14)25)4-6-19-13-24-9-8-18(12-21(24)23-19)22-15(2)10-16(22)3/h5,7-13,25H,4,6H2,1-3H3. The number of benzene rings is 1. The number of aromatic nitrogens is 2. The minimum absolute atomic E-state index is 0.947. The van der Waals surface area contributed by atoms with Gasteiger partial charge in [0.05, 0.1) is 5.69 Å². The molecule has 1 aromatic carbocycles. The van der Waals surface area contributed by atoms with Crippen molar-refractivity contribution in [2.45, 2.75) is 38.5 Å². The smallest absolute Gasteiger partial charge is 0.137 e. The van der Waals surface area contributed by atoms with Gasteiger partial charge in [-0.25, -0.2) is 4.98 Å². The van der Waals surface area contributed by atoms with E-state index >= 15 is 0 Å². The molecule has 2 aromatic heterocycles. The van der Waals surface area contributed by atoms with E-state index in [1.807, 2.05) is 0 Å². The number of hydrogen-bond acceptors (Lipinski definition) is 2. The maximum atomic E-state index is 4.83. The summed E-state index contributed by atoms with van der Waals surface area (Å²) in [5.74, 6) is 0. The number of aryl methyl sites for hydroxylation is 3. The zero-order valence-corrected chi connectivity index (χ0v) is 15.8. The van der Waals surface area contributed by atoms with Gasteiger partial charge < -0.3 is 4.40 Å². The largest absolute Gasteiger partial charge is 0.307 e. The van der Waals surface area contributed by atoms with E-state index in [0.717, 1.165) is 29.1 Å². The van der Waals surface area contributed by atoms with Crippen LogP contribution in [0.5, 0.6) is 0 Å². The molecule has 0 N–H and O–H groups in total. The molecule has 2 nitrogen and oxygen atoms in total. The fraction of sp³-hybridized carbons (Fsp3) is 0.227. The van der Waals surface area contributed by atoms with Crippen LogP contribution in [0.4, 0.5) is 0 Å². The highest BCUT2D eigenvalue weighted by Gasteiger charge is 2.15. The molecule has 3 heteroatoms. The molecule has 1 aliphatic rings. The van der Waals surface area contributed by atoms with E-state index in [4.69, 9.17) is 4.98 Å². The maximum absolute atomic E-state index is 4.83. The second kappa shape index (κ2) is 6.23. The van der Waals surface area contributed by atoms with Gasteiger partial charge in [-0.05, 0) is 85.2 Å². The Bertz CT molecular complexity index is 1040. The maximum Gasteiger partial charge on any atom is 0.137 e. The molecule has 2 heterocycles. The Hall–Kier alpha value is -2.26. The SMILES string of the molecule is CC1=CC(C)=C1c1ccn2cc(CCc3ccc(S)c(C)c3)nc2c1. The lowest BCUT2D eigenvalue weighted by Crippen LogP contribution is -1.99. The van der Waals surface area contributed by atoms with Crippen molar-refractivity contribution in [1.29, 1.82) is 0 Å². The molecule has 1 aliphatic carbocycles. The first-order valence-electron chi connectivity index (χ1n) is 8.67. The zero-order chi connectivity index (χ0) is 17.6. The summed E-state index contributed by atoms with van der Waals surface area (Å²) in [6.45, 7) is 6.44. The van der Waals surface area contributed by atoms with Crippen LogP contribution in [0.1, 0.15) is 36.2 Å². The van der Waals surface area contributed by atoms with Gasteiger partial charge in [0.2, 0.25) is 0 Å². The molecule has 0 saturated carbocycles. The second-order valence-corrected chi connectivity index (χ2v) is 7.40. The van der Waals surface area contributed by atoms with Crippen LogP contribution in [-0.2, 0) is 12.8 Å². The van der Waals surface area contributed by atoms with Crippen molar-refractivity contribution in [2.75, 3.05) is 0 Å². The number of pyridine rings is 1. The average molecular weight is 346 g/mol. The topological polar surface area (TPSA) is 17.3 Å². The summed E-state index contributed by atoms with van der Waals surface area (Å²) in [4.78, 5) is 5.88. The van der Waals surface area contributed by atoms with Crippen LogP contribution in [-0.4, -0.2) is 9.38 Å². The number of fused-ring (bicyclic) bond motifs is 1. The molecule has 0 atom stereocenters. The highest BCUT2D eigenvalue weighted by molar-refractivity contribution is 7.80. The first-order chi connectivity index (χ1) is 12.0. The van der Waals surface area contributed by atoms with E-state index in [9.17, 15) is 0 Å². The third kappa shape index (κ3) is 3.05. The zero-order valence-electron chi connectivity index (χ0n) is 14.9. The van der Waals surface area contributed by atoms with Crippen LogP contribution in [0.3, 0.4) is 0 Å². The second-order valence-electron chi connectivity index (χ2n) is 6.92. The van der Waals surface area contributed by atoms with Crippen molar-refractivity contribution in [3.05, 3.63) is 82.3 Å². The van der Waals surface area contributed by atoms with Gasteiger partial charge in [0.15, 0.2) is 0 Å². The van der Waals surface area contributed by atoms with Crippen molar-refractivity contribution in [1.82, 2.24) is 9.38 Å². The summed E-state index contributed by atoms with van der Waals surface area (Å²) >= 11 is 4.44. The molecular formula is C22H22N2S. The first-order valence-corrected chi connectivity index (χ1v) is 9.12.